The van der Waals surface area contributed by atoms with Crippen LogP contribution in [0.2, 0.25) is 0 Å². The fraction of sp³-hybridized carbons (Fsp3) is 0.412. The van der Waals surface area contributed by atoms with Gasteiger partial charge in [-0.2, -0.15) is 0 Å². The Morgan fingerprint density at radius 2 is 2.00 bits per heavy atom. The van der Waals surface area contributed by atoms with E-state index in [1.165, 1.54) is 12.3 Å². The van der Waals surface area contributed by atoms with Crippen LogP contribution < -0.4 is 10.2 Å². The highest BCUT2D eigenvalue weighted by Gasteiger charge is 2.28. The molecule has 1 aliphatic rings. The van der Waals surface area contributed by atoms with Crippen molar-refractivity contribution in [1.29, 1.82) is 0 Å². The molecule has 23 heavy (non-hydrogen) atoms. The van der Waals surface area contributed by atoms with E-state index in [2.05, 4.69) is 0 Å². The number of benzene rings is 1. The monoisotopic (exact) mass is 319 g/mol. The summed E-state index contributed by atoms with van der Waals surface area (Å²) in [5, 5.41) is 9.26. The number of rotatable bonds is 3. The third-order valence-corrected chi connectivity index (χ3v) is 3.67. The number of ether oxygens (including phenoxy) is 1. The molecule has 0 atom stereocenters. The molecule has 0 radical (unpaired) electrons. The summed E-state index contributed by atoms with van der Waals surface area (Å²) in [6, 6.07) is 2.70. The second-order valence-electron chi connectivity index (χ2n) is 6.83. The Hall–Kier alpha value is -2.37. The second kappa shape index (κ2) is 5.08. The van der Waals surface area contributed by atoms with Gasteiger partial charge in [-0.25, -0.2) is 9.18 Å². The van der Waals surface area contributed by atoms with Gasteiger partial charge in [0.05, 0.1) is 5.52 Å². The first-order valence-corrected chi connectivity index (χ1v) is 7.48. The number of carbonyl (C=O) groups is 1. The quantitative estimate of drug-likeness (QED) is 0.942. The van der Waals surface area contributed by atoms with E-state index in [0.717, 1.165) is 18.9 Å². The summed E-state index contributed by atoms with van der Waals surface area (Å²) in [5.41, 5.74) is -1.10. The number of carboxylic acid groups (broad SMARTS) is 1. The summed E-state index contributed by atoms with van der Waals surface area (Å²) in [5.74, 6) is -1.92. The summed E-state index contributed by atoms with van der Waals surface area (Å²) in [7, 11) is 0. The van der Waals surface area contributed by atoms with Crippen LogP contribution in [0.5, 0.6) is 5.75 Å². The van der Waals surface area contributed by atoms with Gasteiger partial charge in [0.25, 0.3) is 0 Å². The lowest BCUT2D eigenvalue weighted by atomic mass is 10.1. The van der Waals surface area contributed by atoms with Gasteiger partial charge in [-0.1, -0.05) is 0 Å². The smallest absolute Gasteiger partial charge is 0.341 e. The van der Waals surface area contributed by atoms with E-state index < -0.39 is 22.8 Å². The highest BCUT2D eigenvalue weighted by molar-refractivity contribution is 5.93. The lowest BCUT2D eigenvalue weighted by Gasteiger charge is -2.22. The van der Waals surface area contributed by atoms with Crippen LogP contribution in [0.3, 0.4) is 0 Å². The average molecular weight is 319 g/mol. The molecule has 1 fully saturated rings. The van der Waals surface area contributed by atoms with Gasteiger partial charge in [0, 0.05) is 23.7 Å². The molecule has 6 heteroatoms. The van der Waals surface area contributed by atoms with Gasteiger partial charge in [-0.05, 0) is 39.7 Å². The number of carboxylic acids is 1. The highest BCUT2D eigenvalue weighted by Crippen LogP contribution is 2.38. The van der Waals surface area contributed by atoms with Crippen LogP contribution in [0.15, 0.2) is 23.1 Å². The number of aromatic carboxylic acids is 1. The van der Waals surface area contributed by atoms with Crippen LogP contribution in [-0.4, -0.2) is 21.2 Å². The molecule has 0 bridgehead atoms. The number of aromatic nitrogens is 1. The Morgan fingerprint density at radius 3 is 2.52 bits per heavy atom. The van der Waals surface area contributed by atoms with E-state index in [9.17, 15) is 19.1 Å². The SMILES string of the molecule is CC(C)(C)Oc1cc2c(cc1F)c(=O)c(C(=O)O)cn2C1CC1. The molecule has 0 aliphatic heterocycles. The molecule has 1 aromatic heterocycles. The van der Waals surface area contributed by atoms with Crippen molar-refractivity contribution >= 4 is 16.9 Å². The molecule has 1 saturated carbocycles. The van der Waals surface area contributed by atoms with Crippen LogP contribution in [0.4, 0.5) is 4.39 Å². The van der Waals surface area contributed by atoms with Gasteiger partial charge >= 0.3 is 5.97 Å². The van der Waals surface area contributed by atoms with Crippen molar-refractivity contribution in [2.24, 2.45) is 0 Å². The van der Waals surface area contributed by atoms with Crippen LogP contribution >= 0.6 is 0 Å². The Morgan fingerprint density at radius 1 is 1.35 bits per heavy atom. The minimum absolute atomic E-state index is 0.0573. The minimum Gasteiger partial charge on any atom is -0.485 e. The predicted octanol–water partition coefficient (Wildman–Crippen LogP) is 3.35. The third kappa shape index (κ3) is 2.93. The minimum atomic E-state index is -1.30. The first-order valence-electron chi connectivity index (χ1n) is 7.48. The summed E-state index contributed by atoms with van der Waals surface area (Å²) < 4.78 is 21.6. The van der Waals surface area contributed by atoms with Crippen molar-refractivity contribution in [3.8, 4) is 5.75 Å². The zero-order valence-corrected chi connectivity index (χ0v) is 13.2. The topological polar surface area (TPSA) is 68.5 Å². The molecule has 0 spiro atoms. The second-order valence-corrected chi connectivity index (χ2v) is 6.83. The van der Waals surface area contributed by atoms with Crippen LogP contribution in [-0.2, 0) is 0 Å². The predicted molar refractivity (Wildman–Crippen MR) is 83.8 cm³/mol. The maximum absolute atomic E-state index is 14.3. The maximum Gasteiger partial charge on any atom is 0.341 e. The first kappa shape index (κ1) is 15.5. The molecule has 0 unspecified atom stereocenters. The normalized spacial score (nSPS) is 15.0. The molecule has 0 saturated heterocycles. The highest BCUT2D eigenvalue weighted by atomic mass is 19.1. The van der Waals surface area contributed by atoms with Crippen molar-refractivity contribution < 1.29 is 19.0 Å². The molecule has 1 N–H and O–H groups in total. The Kier molecular flexibility index (Phi) is 3.43. The number of hydrogen-bond acceptors (Lipinski definition) is 3. The molecular formula is C17H18FNO4. The Balaban J connectivity index is 2.29. The van der Waals surface area contributed by atoms with E-state index in [1.807, 2.05) is 0 Å². The number of pyridine rings is 1. The van der Waals surface area contributed by atoms with E-state index in [4.69, 9.17) is 4.74 Å². The van der Waals surface area contributed by atoms with Crippen LogP contribution in [0, 0.1) is 5.82 Å². The van der Waals surface area contributed by atoms with Crippen LogP contribution in [0.1, 0.15) is 50.0 Å². The van der Waals surface area contributed by atoms with Crippen LogP contribution in [0.25, 0.3) is 10.9 Å². The summed E-state index contributed by atoms with van der Waals surface area (Å²) >= 11 is 0. The van der Waals surface area contributed by atoms with Crippen molar-refractivity contribution in [2.75, 3.05) is 0 Å². The average Bonchev–Trinajstić information content (AvgIpc) is 3.23. The fourth-order valence-electron chi connectivity index (χ4n) is 2.57. The van der Waals surface area contributed by atoms with Crippen molar-refractivity contribution in [3.63, 3.8) is 0 Å². The summed E-state index contributed by atoms with van der Waals surface area (Å²) in [6.45, 7) is 5.41. The lowest BCUT2D eigenvalue weighted by Crippen LogP contribution is -2.24. The third-order valence-electron chi connectivity index (χ3n) is 3.67. The molecule has 122 valence electrons. The van der Waals surface area contributed by atoms with E-state index >= 15 is 0 Å². The molecular weight excluding hydrogens is 301 g/mol. The van der Waals surface area contributed by atoms with Gasteiger partial charge in [-0.3, -0.25) is 4.79 Å². The maximum atomic E-state index is 14.3. The molecule has 3 rings (SSSR count). The molecule has 2 aromatic rings. The zero-order valence-electron chi connectivity index (χ0n) is 13.2. The molecule has 1 aromatic carbocycles. The number of hydrogen-bond donors (Lipinski definition) is 1. The van der Waals surface area contributed by atoms with Crippen molar-refractivity contribution in [2.45, 2.75) is 45.3 Å². The largest absolute Gasteiger partial charge is 0.485 e. The summed E-state index contributed by atoms with van der Waals surface area (Å²) in [4.78, 5) is 23.6. The van der Waals surface area contributed by atoms with Crippen molar-refractivity contribution in [1.82, 2.24) is 4.57 Å². The number of nitrogens with zero attached hydrogens (tertiary/aromatic N) is 1. The van der Waals surface area contributed by atoms with E-state index in [1.54, 1.807) is 25.3 Å². The zero-order chi connectivity index (χ0) is 16.9. The lowest BCUT2D eigenvalue weighted by molar-refractivity contribution is 0.0695. The number of halogens is 1. The Bertz CT molecular complexity index is 859. The summed E-state index contributed by atoms with van der Waals surface area (Å²) in [6.07, 6.45) is 3.16. The van der Waals surface area contributed by atoms with Crippen molar-refractivity contribution in [3.05, 3.63) is 39.9 Å². The van der Waals surface area contributed by atoms with E-state index in [-0.39, 0.29) is 22.7 Å². The van der Waals surface area contributed by atoms with Gasteiger partial charge in [-0.15, -0.1) is 0 Å². The van der Waals surface area contributed by atoms with Gasteiger partial charge in [0.15, 0.2) is 11.6 Å². The first-order chi connectivity index (χ1) is 10.7. The molecule has 1 aliphatic carbocycles. The van der Waals surface area contributed by atoms with Gasteiger partial charge in [0.1, 0.15) is 11.2 Å². The Labute approximate surface area is 132 Å². The standard InChI is InChI=1S/C17H18FNO4/c1-17(2,3)23-14-7-13-10(6-12(14)18)15(20)11(16(21)22)8-19(13)9-4-5-9/h6-9H,4-5H2,1-3H3,(H,21,22). The number of fused-ring (bicyclic) bond motifs is 1. The van der Waals surface area contributed by atoms with E-state index in [0.29, 0.717) is 5.52 Å². The molecule has 0 amide bonds. The van der Waals surface area contributed by atoms with Gasteiger partial charge in [0.2, 0.25) is 5.43 Å². The molecule has 1 heterocycles. The fourth-order valence-corrected chi connectivity index (χ4v) is 2.57. The van der Waals surface area contributed by atoms with Gasteiger partial charge < -0.3 is 14.4 Å². The molecule has 5 nitrogen and oxygen atoms in total.